The monoisotopic (exact) mass is 488 g/mol. The van der Waals surface area contributed by atoms with Gasteiger partial charge in [0.2, 0.25) is 4.96 Å². The Morgan fingerprint density at radius 2 is 1.74 bits per heavy atom. The van der Waals surface area contributed by atoms with E-state index < -0.39 is 0 Å². The molecule has 2 amide bonds. The molecule has 1 saturated heterocycles. The lowest BCUT2D eigenvalue weighted by Crippen LogP contribution is -2.49. The maximum absolute atomic E-state index is 12.7. The average molecular weight is 489 g/mol. The lowest BCUT2D eigenvalue weighted by Gasteiger charge is -2.34. The zero-order chi connectivity index (χ0) is 24.4. The molecule has 9 heteroatoms. The van der Waals surface area contributed by atoms with Crippen molar-refractivity contribution >= 4 is 28.0 Å². The molecule has 35 heavy (non-hydrogen) atoms. The van der Waals surface area contributed by atoms with E-state index in [1.807, 2.05) is 60.4 Å². The number of carbonyl (C=O) groups excluding carboxylic acids is 1. The van der Waals surface area contributed by atoms with Gasteiger partial charge >= 0.3 is 6.03 Å². The van der Waals surface area contributed by atoms with Crippen molar-refractivity contribution in [3.63, 3.8) is 0 Å². The van der Waals surface area contributed by atoms with Crippen LogP contribution in [0.3, 0.4) is 0 Å². The van der Waals surface area contributed by atoms with Crippen LogP contribution in [-0.4, -0.2) is 56.6 Å². The Labute approximate surface area is 207 Å². The molecule has 2 aromatic carbocycles. The van der Waals surface area contributed by atoms with Crippen LogP contribution in [0.5, 0.6) is 0 Å². The van der Waals surface area contributed by atoms with E-state index in [4.69, 9.17) is 4.98 Å². The number of nitrogens with one attached hydrogen (secondary N) is 1. The molecule has 0 unspecified atom stereocenters. The Balaban J connectivity index is 1.21. The first-order chi connectivity index (χ1) is 17.0. The number of nitrogens with zero attached hydrogens (tertiary/aromatic N) is 5. The minimum Gasteiger partial charge on any atom is -0.322 e. The van der Waals surface area contributed by atoms with E-state index in [1.54, 1.807) is 6.07 Å². The highest BCUT2D eigenvalue weighted by Crippen LogP contribution is 2.24. The minimum atomic E-state index is -0.174. The van der Waals surface area contributed by atoms with Crippen molar-refractivity contribution in [2.24, 2.45) is 0 Å². The van der Waals surface area contributed by atoms with Crippen LogP contribution in [0.1, 0.15) is 23.7 Å². The summed E-state index contributed by atoms with van der Waals surface area (Å²) in [5.41, 5.74) is 4.75. The molecule has 0 saturated carbocycles. The Morgan fingerprint density at radius 3 is 2.43 bits per heavy atom. The second-order valence-corrected chi connectivity index (χ2v) is 9.75. The van der Waals surface area contributed by atoms with Gasteiger partial charge in [-0.25, -0.2) is 9.78 Å². The normalized spacial score (nSPS) is 14.4. The number of fused-ring (bicyclic) bond motifs is 1. The third-order valence-corrected chi connectivity index (χ3v) is 7.21. The van der Waals surface area contributed by atoms with Crippen LogP contribution in [0.2, 0.25) is 0 Å². The number of carbonyl (C=O) groups is 1. The number of benzene rings is 2. The van der Waals surface area contributed by atoms with Gasteiger partial charge in [-0.1, -0.05) is 60.2 Å². The van der Waals surface area contributed by atoms with Gasteiger partial charge in [0, 0.05) is 50.0 Å². The fourth-order valence-corrected chi connectivity index (χ4v) is 5.04. The van der Waals surface area contributed by atoms with Gasteiger partial charge in [-0.15, -0.1) is 0 Å². The minimum absolute atomic E-state index is 0.0833. The number of aryl methyl sites for hydroxylation is 2. The van der Waals surface area contributed by atoms with Gasteiger partial charge in [-0.05, 0) is 31.0 Å². The molecule has 0 aliphatic carbocycles. The third-order valence-electron chi connectivity index (χ3n) is 6.26. The molecule has 0 spiro atoms. The van der Waals surface area contributed by atoms with Crippen LogP contribution in [0.25, 0.3) is 15.5 Å². The number of hydrogen-bond acceptors (Lipinski definition) is 6. The van der Waals surface area contributed by atoms with E-state index in [0.717, 1.165) is 41.5 Å². The summed E-state index contributed by atoms with van der Waals surface area (Å²) in [6.07, 6.45) is 0.974. The smallest absolute Gasteiger partial charge is 0.321 e. The summed E-state index contributed by atoms with van der Waals surface area (Å²) in [4.78, 5) is 34.7. The van der Waals surface area contributed by atoms with Crippen molar-refractivity contribution < 1.29 is 4.79 Å². The number of amides is 2. The topological polar surface area (TPSA) is 82.8 Å². The molecular formula is C26H28N6O2S. The molecule has 0 atom stereocenters. The summed E-state index contributed by atoms with van der Waals surface area (Å²) in [7, 11) is 0. The quantitative estimate of drug-likeness (QED) is 0.459. The van der Waals surface area contributed by atoms with E-state index in [0.29, 0.717) is 24.6 Å². The van der Waals surface area contributed by atoms with Crippen LogP contribution in [0, 0.1) is 6.92 Å². The van der Waals surface area contributed by atoms with Crippen molar-refractivity contribution in [2.45, 2.75) is 26.8 Å². The fourth-order valence-electron chi connectivity index (χ4n) is 4.11. The molecule has 1 aliphatic heterocycles. The first kappa shape index (κ1) is 23.2. The van der Waals surface area contributed by atoms with Gasteiger partial charge in [0.1, 0.15) is 5.01 Å². The molecule has 4 aromatic rings. The first-order valence-electron chi connectivity index (χ1n) is 11.8. The van der Waals surface area contributed by atoms with Crippen molar-refractivity contribution in [1.82, 2.24) is 24.4 Å². The lowest BCUT2D eigenvalue weighted by molar-refractivity contribution is 0.142. The molecule has 1 fully saturated rings. The predicted molar refractivity (Wildman–Crippen MR) is 139 cm³/mol. The van der Waals surface area contributed by atoms with Gasteiger partial charge in [0.15, 0.2) is 0 Å². The van der Waals surface area contributed by atoms with Gasteiger partial charge in [-0.2, -0.15) is 9.61 Å². The van der Waals surface area contributed by atoms with E-state index in [2.05, 4.69) is 22.2 Å². The number of anilines is 1. The van der Waals surface area contributed by atoms with Gasteiger partial charge in [-0.3, -0.25) is 9.69 Å². The van der Waals surface area contributed by atoms with E-state index >= 15 is 0 Å². The number of urea groups is 1. The van der Waals surface area contributed by atoms with Crippen molar-refractivity contribution in [3.8, 4) is 10.6 Å². The lowest BCUT2D eigenvalue weighted by atomic mass is 10.1. The van der Waals surface area contributed by atoms with E-state index in [9.17, 15) is 9.59 Å². The highest BCUT2D eigenvalue weighted by atomic mass is 32.1. The number of rotatable bonds is 5. The third kappa shape index (κ3) is 5.26. The van der Waals surface area contributed by atoms with Crippen LogP contribution in [-0.2, 0) is 13.0 Å². The standard InChI is InChI=1S/C26H28N6O2S/c1-3-19-6-10-21(11-7-19)27-25(34)31-14-12-30(13-15-31)17-22-16-23(33)32-26(28-22)35-24(29-32)20-8-4-18(2)5-9-20/h4-11,16H,3,12-15,17H2,1-2H3,(H,27,34). The highest BCUT2D eigenvalue weighted by Gasteiger charge is 2.22. The molecule has 8 nitrogen and oxygen atoms in total. The van der Waals surface area contributed by atoms with Crippen LogP contribution >= 0.6 is 11.3 Å². The SMILES string of the molecule is CCc1ccc(NC(=O)N2CCN(Cc3cc(=O)n4nc(-c5ccc(C)cc5)sc4n3)CC2)cc1. The predicted octanol–water partition coefficient (Wildman–Crippen LogP) is 4.04. The van der Waals surface area contributed by atoms with Gasteiger partial charge in [0.25, 0.3) is 5.56 Å². The van der Waals surface area contributed by atoms with E-state index in [1.165, 1.54) is 27.0 Å². The molecule has 5 rings (SSSR count). The maximum Gasteiger partial charge on any atom is 0.321 e. The largest absolute Gasteiger partial charge is 0.322 e. The zero-order valence-electron chi connectivity index (χ0n) is 19.9. The van der Waals surface area contributed by atoms with Gasteiger partial charge < -0.3 is 10.2 Å². The Morgan fingerprint density at radius 1 is 1.03 bits per heavy atom. The van der Waals surface area contributed by atoms with Gasteiger partial charge in [0.05, 0.1) is 5.69 Å². The van der Waals surface area contributed by atoms with Crippen molar-refractivity contribution in [2.75, 3.05) is 31.5 Å². The molecule has 0 radical (unpaired) electrons. The highest BCUT2D eigenvalue weighted by molar-refractivity contribution is 7.19. The van der Waals surface area contributed by atoms with Crippen LogP contribution < -0.4 is 10.9 Å². The Kier molecular flexibility index (Phi) is 6.61. The molecule has 1 aliphatic rings. The summed E-state index contributed by atoms with van der Waals surface area (Å²) in [6, 6.07) is 17.5. The Hall–Kier alpha value is -3.56. The summed E-state index contributed by atoms with van der Waals surface area (Å²) in [6.45, 7) is 7.41. The molecule has 0 bridgehead atoms. The second kappa shape index (κ2) is 9.97. The number of hydrogen-bond donors (Lipinski definition) is 1. The fraction of sp³-hybridized carbons (Fsp3) is 0.308. The molecule has 1 N–H and O–H groups in total. The maximum atomic E-state index is 12.7. The second-order valence-electron chi connectivity index (χ2n) is 8.80. The Bertz CT molecular complexity index is 1390. The number of piperazine rings is 1. The summed E-state index contributed by atoms with van der Waals surface area (Å²) in [5.74, 6) is 0. The molecular weight excluding hydrogens is 460 g/mol. The van der Waals surface area contributed by atoms with Crippen molar-refractivity contribution in [3.05, 3.63) is 81.8 Å². The summed E-state index contributed by atoms with van der Waals surface area (Å²) in [5, 5.41) is 8.22. The summed E-state index contributed by atoms with van der Waals surface area (Å²) < 4.78 is 1.37. The summed E-state index contributed by atoms with van der Waals surface area (Å²) >= 11 is 1.42. The average Bonchev–Trinajstić information content (AvgIpc) is 3.30. The van der Waals surface area contributed by atoms with E-state index in [-0.39, 0.29) is 11.6 Å². The van der Waals surface area contributed by atoms with Crippen molar-refractivity contribution in [1.29, 1.82) is 0 Å². The molecule has 180 valence electrons. The van der Waals surface area contributed by atoms with Crippen LogP contribution in [0.4, 0.5) is 10.5 Å². The van der Waals surface area contributed by atoms with Crippen LogP contribution in [0.15, 0.2) is 59.4 Å². The zero-order valence-corrected chi connectivity index (χ0v) is 20.7. The first-order valence-corrected chi connectivity index (χ1v) is 12.6. The number of aromatic nitrogens is 3. The molecule has 2 aromatic heterocycles. The molecule has 3 heterocycles.